The average molecular weight is 230 g/mol. The fourth-order valence-electron chi connectivity index (χ4n) is 2.83. The molecule has 1 aliphatic heterocycles. The Labute approximate surface area is 101 Å². The van der Waals surface area contributed by atoms with Gasteiger partial charge in [0, 0.05) is 18.6 Å². The minimum absolute atomic E-state index is 1.06. The van der Waals surface area contributed by atoms with E-state index < -0.39 is 0 Å². The molecule has 0 aromatic heterocycles. The first-order chi connectivity index (χ1) is 7.33. The van der Waals surface area contributed by atoms with Gasteiger partial charge in [-0.25, -0.2) is 0 Å². The van der Waals surface area contributed by atoms with E-state index in [1.54, 1.807) is 0 Å². The van der Waals surface area contributed by atoms with Gasteiger partial charge in [0.1, 0.15) is 0 Å². The van der Waals surface area contributed by atoms with Crippen LogP contribution >= 0.6 is 12.6 Å². The molecule has 0 radical (unpaired) electrons. The van der Waals surface area contributed by atoms with Gasteiger partial charge >= 0.3 is 0 Å². The summed E-state index contributed by atoms with van der Waals surface area (Å²) in [6.07, 6.45) is 10.0. The van der Waals surface area contributed by atoms with Crippen LogP contribution in [0.3, 0.4) is 0 Å². The fraction of sp³-hybridized carbons (Fsp3) is 1.00. The first-order valence-corrected chi connectivity index (χ1v) is 7.42. The van der Waals surface area contributed by atoms with Gasteiger partial charge < -0.3 is 4.48 Å². The van der Waals surface area contributed by atoms with Crippen molar-refractivity contribution in [2.45, 2.75) is 51.9 Å². The number of quaternary nitrogens is 1. The Bertz CT molecular complexity index is 153. The van der Waals surface area contributed by atoms with Crippen LogP contribution in [0.1, 0.15) is 51.9 Å². The molecule has 0 saturated carbocycles. The second-order valence-corrected chi connectivity index (χ2v) is 5.53. The molecule has 1 aliphatic rings. The second kappa shape index (κ2) is 7.56. The van der Waals surface area contributed by atoms with Crippen molar-refractivity contribution in [2.24, 2.45) is 0 Å². The number of rotatable bonds is 8. The van der Waals surface area contributed by atoms with Crippen molar-refractivity contribution in [3.05, 3.63) is 0 Å². The Morgan fingerprint density at radius 3 is 2.20 bits per heavy atom. The summed E-state index contributed by atoms with van der Waals surface area (Å²) in [4.78, 5) is 0. The number of nitrogens with zero attached hydrogens (tertiary/aromatic N) is 1. The average Bonchev–Trinajstić information content (AvgIpc) is 2.67. The van der Waals surface area contributed by atoms with Gasteiger partial charge in [0.05, 0.1) is 26.2 Å². The molecule has 0 aromatic carbocycles. The smallest absolute Gasteiger partial charge is 0.0876 e. The summed E-state index contributed by atoms with van der Waals surface area (Å²) in [5.74, 6) is 1.06. The Hall–Kier alpha value is 0.310. The minimum atomic E-state index is 1.06. The summed E-state index contributed by atoms with van der Waals surface area (Å²) in [6.45, 7) is 7.86. The molecule has 1 saturated heterocycles. The maximum atomic E-state index is 4.41. The summed E-state index contributed by atoms with van der Waals surface area (Å²) in [6, 6.07) is 0. The van der Waals surface area contributed by atoms with Gasteiger partial charge in [0.15, 0.2) is 0 Å². The second-order valence-electron chi connectivity index (χ2n) is 5.08. The molecule has 90 valence electrons. The monoisotopic (exact) mass is 230 g/mol. The van der Waals surface area contributed by atoms with E-state index in [0.29, 0.717) is 0 Å². The van der Waals surface area contributed by atoms with Crippen molar-refractivity contribution in [2.75, 3.05) is 31.9 Å². The van der Waals surface area contributed by atoms with E-state index in [4.69, 9.17) is 0 Å². The predicted octanol–water partition coefficient (Wildman–Crippen LogP) is 3.50. The molecule has 1 nitrogen and oxygen atoms in total. The van der Waals surface area contributed by atoms with Gasteiger partial charge in [0.25, 0.3) is 0 Å². The third-order valence-corrected chi connectivity index (χ3v) is 4.03. The van der Waals surface area contributed by atoms with Crippen LogP contribution in [0.15, 0.2) is 0 Å². The van der Waals surface area contributed by atoms with E-state index in [-0.39, 0.29) is 0 Å². The van der Waals surface area contributed by atoms with Gasteiger partial charge in [-0.05, 0) is 12.8 Å². The molecule has 0 aromatic rings. The lowest BCUT2D eigenvalue weighted by Crippen LogP contribution is -2.47. The van der Waals surface area contributed by atoms with E-state index in [9.17, 15) is 0 Å². The SMILES string of the molecule is CCCCCCC[N+]1(CCS)CCCC1. The summed E-state index contributed by atoms with van der Waals surface area (Å²) in [7, 11) is 0. The molecule has 0 amide bonds. The molecule has 2 heteroatoms. The van der Waals surface area contributed by atoms with Crippen LogP contribution < -0.4 is 0 Å². The molecule has 0 bridgehead atoms. The summed E-state index contributed by atoms with van der Waals surface area (Å²) in [5.41, 5.74) is 0. The van der Waals surface area contributed by atoms with Gasteiger partial charge in [-0.15, -0.1) is 0 Å². The fourth-order valence-corrected chi connectivity index (χ4v) is 3.25. The van der Waals surface area contributed by atoms with Crippen LogP contribution in [0.25, 0.3) is 0 Å². The van der Waals surface area contributed by atoms with Gasteiger partial charge in [-0.3, -0.25) is 0 Å². The van der Waals surface area contributed by atoms with E-state index in [1.807, 2.05) is 0 Å². The summed E-state index contributed by atoms with van der Waals surface area (Å²) < 4.78 is 1.38. The molecule has 0 unspecified atom stereocenters. The zero-order valence-electron chi connectivity index (χ0n) is 10.4. The van der Waals surface area contributed by atoms with Crippen LogP contribution in [0.2, 0.25) is 0 Å². The number of thiol groups is 1. The van der Waals surface area contributed by atoms with Crippen molar-refractivity contribution < 1.29 is 4.48 Å². The van der Waals surface area contributed by atoms with Gasteiger partial charge in [-0.1, -0.05) is 26.2 Å². The largest absolute Gasteiger partial charge is 0.323 e. The Morgan fingerprint density at radius 1 is 0.933 bits per heavy atom. The van der Waals surface area contributed by atoms with Crippen LogP contribution in [-0.4, -0.2) is 36.4 Å². The van der Waals surface area contributed by atoms with Crippen molar-refractivity contribution in [1.29, 1.82) is 0 Å². The Kier molecular flexibility index (Phi) is 6.74. The van der Waals surface area contributed by atoms with Crippen molar-refractivity contribution in [3.63, 3.8) is 0 Å². The van der Waals surface area contributed by atoms with Crippen molar-refractivity contribution in [1.82, 2.24) is 0 Å². The van der Waals surface area contributed by atoms with Crippen LogP contribution in [0.5, 0.6) is 0 Å². The van der Waals surface area contributed by atoms with E-state index >= 15 is 0 Å². The summed E-state index contributed by atoms with van der Waals surface area (Å²) >= 11 is 4.41. The zero-order chi connectivity index (χ0) is 11.0. The maximum Gasteiger partial charge on any atom is 0.0876 e. The number of unbranched alkanes of at least 4 members (excludes halogenated alkanes) is 4. The molecule has 1 fully saturated rings. The number of hydrogen-bond acceptors (Lipinski definition) is 1. The first kappa shape index (κ1) is 13.4. The highest BCUT2D eigenvalue weighted by molar-refractivity contribution is 7.80. The minimum Gasteiger partial charge on any atom is -0.323 e. The molecular weight excluding hydrogens is 202 g/mol. The zero-order valence-corrected chi connectivity index (χ0v) is 11.3. The predicted molar refractivity (Wildman–Crippen MR) is 71.6 cm³/mol. The molecule has 0 atom stereocenters. The summed E-state index contributed by atoms with van der Waals surface area (Å²) in [5, 5.41) is 0. The van der Waals surface area contributed by atoms with Crippen LogP contribution in [-0.2, 0) is 0 Å². The Morgan fingerprint density at radius 2 is 1.60 bits per heavy atom. The molecular formula is C13H28NS+. The molecule has 0 N–H and O–H groups in total. The van der Waals surface area contributed by atoms with E-state index in [1.165, 1.54) is 75.6 Å². The molecule has 1 heterocycles. The lowest BCUT2D eigenvalue weighted by atomic mass is 10.1. The normalized spacial score (nSPS) is 19.6. The van der Waals surface area contributed by atoms with Crippen LogP contribution in [0, 0.1) is 0 Å². The van der Waals surface area contributed by atoms with Gasteiger partial charge in [-0.2, -0.15) is 12.6 Å². The van der Waals surface area contributed by atoms with Crippen molar-refractivity contribution >= 4 is 12.6 Å². The quantitative estimate of drug-likeness (QED) is 0.368. The lowest BCUT2D eigenvalue weighted by molar-refractivity contribution is -0.914. The number of likely N-dealkylation sites (tertiary alicyclic amines) is 1. The Balaban J connectivity index is 2.14. The topological polar surface area (TPSA) is 0 Å². The highest BCUT2D eigenvalue weighted by Crippen LogP contribution is 2.21. The van der Waals surface area contributed by atoms with Crippen molar-refractivity contribution in [3.8, 4) is 0 Å². The van der Waals surface area contributed by atoms with E-state index in [0.717, 1.165) is 5.75 Å². The third-order valence-electron chi connectivity index (χ3n) is 3.83. The first-order valence-electron chi connectivity index (χ1n) is 6.79. The van der Waals surface area contributed by atoms with E-state index in [2.05, 4.69) is 19.6 Å². The lowest BCUT2D eigenvalue weighted by Gasteiger charge is -2.34. The number of hydrogen-bond donors (Lipinski definition) is 1. The maximum absolute atomic E-state index is 4.41. The van der Waals surface area contributed by atoms with Crippen LogP contribution in [0.4, 0.5) is 0 Å². The van der Waals surface area contributed by atoms with Gasteiger partial charge in [0.2, 0.25) is 0 Å². The molecule has 0 spiro atoms. The third kappa shape index (κ3) is 4.78. The molecule has 15 heavy (non-hydrogen) atoms. The molecule has 0 aliphatic carbocycles. The highest BCUT2D eigenvalue weighted by Gasteiger charge is 2.30. The standard InChI is InChI=1S/C13H27NS/c1-2-3-4-5-6-9-14(12-13-15)10-7-8-11-14/h2-13H2,1H3/p+1. The highest BCUT2D eigenvalue weighted by atomic mass is 32.1. The molecule has 1 rings (SSSR count).